The minimum absolute atomic E-state index is 0.0262. The van der Waals surface area contributed by atoms with Gasteiger partial charge in [-0.3, -0.25) is 8.98 Å². The highest BCUT2D eigenvalue weighted by atomic mass is 32.2. The number of aliphatic hydroxyl groups is 1. The molecule has 3 fully saturated rings. The number of Topliss-reactive ketones (excluding diaryl/α,β-unsaturated/α-hetero) is 1. The number of carbonyl (C=O) groups is 2. The van der Waals surface area contributed by atoms with Gasteiger partial charge in [0.15, 0.2) is 6.61 Å². The molecule has 3 saturated carbocycles. The molecule has 0 saturated heterocycles. The number of rotatable bonds is 6. The third-order valence-electron chi connectivity index (χ3n) is 10.6. The number of aryl methyl sites for hydroxylation is 1. The average molecular weight is 535 g/mol. The number of ether oxygens (including phenoxy) is 1. The van der Waals surface area contributed by atoms with Crippen molar-refractivity contribution in [3.05, 3.63) is 29.8 Å². The van der Waals surface area contributed by atoms with Crippen LogP contribution >= 0.6 is 0 Å². The second-order valence-electron chi connectivity index (χ2n) is 12.4. The van der Waals surface area contributed by atoms with E-state index in [0.717, 1.165) is 24.8 Å². The van der Waals surface area contributed by atoms with Crippen molar-refractivity contribution in [3.63, 3.8) is 0 Å². The number of carbonyl (C=O) groups excluding carboxylic acids is 2. The van der Waals surface area contributed by atoms with Crippen LogP contribution in [0.4, 0.5) is 0 Å². The van der Waals surface area contributed by atoms with E-state index in [0.29, 0.717) is 19.3 Å². The molecule has 0 spiro atoms. The van der Waals surface area contributed by atoms with Gasteiger partial charge in [-0.15, -0.1) is 0 Å². The lowest BCUT2D eigenvalue weighted by Crippen LogP contribution is -2.63. The molecule has 2 unspecified atom stereocenters. The number of hydrogen-bond acceptors (Lipinski definition) is 7. The molecule has 37 heavy (non-hydrogen) atoms. The Kier molecular flexibility index (Phi) is 7.45. The quantitative estimate of drug-likeness (QED) is 0.411. The molecule has 1 aromatic rings. The summed E-state index contributed by atoms with van der Waals surface area (Å²) < 4.78 is 36.4. The molecule has 8 heteroatoms. The summed E-state index contributed by atoms with van der Waals surface area (Å²) in [5.74, 6) is -0.846. The minimum atomic E-state index is -4.13. The summed E-state index contributed by atoms with van der Waals surface area (Å²) in [6, 6.07) is 6.21. The third-order valence-corrected chi connectivity index (χ3v) is 11.9. The van der Waals surface area contributed by atoms with Gasteiger partial charge >= 0.3 is 5.97 Å². The smallest absolute Gasteiger partial charge is 0.333 e. The van der Waals surface area contributed by atoms with Crippen molar-refractivity contribution in [3.8, 4) is 0 Å². The fourth-order valence-corrected chi connectivity index (χ4v) is 8.66. The zero-order valence-corrected chi connectivity index (χ0v) is 23.8. The molecule has 0 aliphatic heterocycles. The maximum absolute atomic E-state index is 13.5. The number of benzene rings is 1. The van der Waals surface area contributed by atoms with Crippen LogP contribution in [0.1, 0.15) is 78.7 Å². The van der Waals surface area contributed by atoms with Crippen LogP contribution in [0.3, 0.4) is 0 Å². The highest BCUT2D eigenvalue weighted by Gasteiger charge is 2.68. The molecule has 2 bridgehead atoms. The van der Waals surface area contributed by atoms with Crippen LogP contribution in [0.2, 0.25) is 0 Å². The molecule has 7 nitrogen and oxygen atoms in total. The van der Waals surface area contributed by atoms with Crippen molar-refractivity contribution in [1.82, 2.24) is 0 Å². The standard InChI is InChI=1S/C29H42O7S/c1-7-27(5)16-23(36-24(31)17-35-37(33,34)21-10-8-18(2)9-11-21)28(6)19(3)12-14-29(20(4)26(27)32)15-13-22(30)25(28)29/h8-11,19-20,23,25-26,32H,7,12-17H2,1-6H3/t19-,20+,23-,25-,26-,27-,28?,29?/m1/s1. The van der Waals surface area contributed by atoms with Gasteiger partial charge in [0.2, 0.25) is 0 Å². The van der Waals surface area contributed by atoms with Crippen LogP contribution in [0.15, 0.2) is 29.2 Å². The Bertz CT molecular complexity index is 1150. The molecular weight excluding hydrogens is 492 g/mol. The molecule has 3 aliphatic rings. The van der Waals surface area contributed by atoms with E-state index in [1.807, 2.05) is 20.8 Å². The van der Waals surface area contributed by atoms with Gasteiger partial charge in [0, 0.05) is 17.8 Å². The van der Waals surface area contributed by atoms with E-state index in [2.05, 4.69) is 20.8 Å². The van der Waals surface area contributed by atoms with Crippen LogP contribution in [0, 0.1) is 40.9 Å². The number of ketones is 1. The molecule has 1 aromatic carbocycles. The third kappa shape index (κ3) is 4.57. The zero-order chi connectivity index (χ0) is 27.4. The summed E-state index contributed by atoms with van der Waals surface area (Å²) >= 11 is 0. The first-order valence-corrected chi connectivity index (χ1v) is 15.0. The van der Waals surface area contributed by atoms with E-state index in [-0.39, 0.29) is 33.8 Å². The normalized spacial score (nSPS) is 40.0. The molecule has 4 rings (SSSR count). The summed E-state index contributed by atoms with van der Waals surface area (Å²) in [4.78, 5) is 26.5. The van der Waals surface area contributed by atoms with Gasteiger partial charge in [0.05, 0.1) is 11.0 Å². The van der Waals surface area contributed by atoms with Gasteiger partial charge in [-0.25, -0.2) is 4.79 Å². The SMILES string of the molecule is CC[C@]1(C)C[C@@H](OC(=O)COS(=O)(=O)c2ccc(C)cc2)C2(C)[C@H](C)CCC3(CCC(=O)[C@@H]32)[C@@H](C)[C@H]1O. The Hall–Kier alpha value is -1.77. The first-order chi connectivity index (χ1) is 17.2. The summed E-state index contributed by atoms with van der Waals surface area (Å²) in [6.07, 6.45) is 2.75. The lowest BCUT2D eigenvalue weighted by molar-refractivity contribution is -0.212. The predicted molar refractivity (Wildman–Crippen MR) is 139 cm³/mol. The lowest BCUT2D eigenvalue weighted by atomic mass is 9.43. The van der Waals surface area contributed by atoms with E-state index in [1.54, 1.807) is 12.1 Å². The molecule has 1 N–H and O–H groups in total. The summed E-state index contributed by atoms with van der Waals surface area (Å²) in [5, 5.41) is 11.6. The first-order valence-electron chi connectivity index (χ1n) is 13.6. The summed E-state index contributed by atoms with van der Waals surface area (Å²) in [7, 11) is -4.13. The maximum atomic E-state index is 13.5. The van der Waals surface area contributed by atoms with Gasteiger partial charge in [0.25, 0.3) is 10.1 Å². The van der Waals surface area contributed by atoms with E-state index < -0.39 is 45.7 Å². The van der Waals surface area contributed by atoms with Crippen LogP contribution < -0.4 is 0 Å². The van der Waals surface area contributed by atoms with Crippen molar-refractivity contribution < 1.29 is 32.0 Å². The number of esters is 1. The Morgan fingerprint density at radius 3 is 2.41 bits per heavy atom. The van der Waals surface area contributed by atoms with E-state index in [4.69, 9.17) is 8.92 Å². The van der Waals surface area contributed by atoms with Crippen molar-refractivity contribution in [2.75, 3.05) is 6.61 Å². The van der Waals surface area contributed by atoms with E-state index in [9.17, 15) is 23.1 Å². The predicted octanol–water partition coefficient (Wildman–Crippen LogP) is 4.83. The largest absolute Gasteiger partial charge is 0.460 e. The minimum Gasteiger partial charge on any atom is -0.460 e. The Labute approximate surface area is 221 Å². The maximum Gasteiger partial charge on any atom is 0.333 e. The zero-order valence-electron chi connectivity index (χ0n) is 23.0. The van der Waals surface area contributed by atoms with Crippen molar-refractivity contribution in [2.45, 2.75) is 97.2 Å². The van der Waals surface area contributed by atoms with E-state index >= 15 is 0 Å². The number of aliphatic hydroxyl groups excluding tert-OH is 1. The first kappa shape index (κ1) is 28.2. The Balaban J connectivity index is 1.65. The summed E-state index contributed by atoms with van der Waals surface area (Å²) in [5.41, 5.74) is -0.570. The van der Waals surface area contributed by atoms with Gasteiger partial charge in [-0.05, 0) is 73.8 Å². The van der Waals surface area contributed by atoms with Gasteiger partial charge in [-0.2, -0.15) is 8.42 Å². The Morgan fingerprint density at radius 1 is 1.14 bits per heavy atom. The summed E-state index contributed by atoms with van der Waals surface area (Å²) in [6.45, 7) is 11.5. The van der Waals surface area contributed by atoms with E-state index in [1.165, 1.54) is 12.1 Å². The fourth-order valence-electron chi connectivity index (χ4n) is 7.80. The van der Waals surface area contributed by atoms with Crippen LogP contribution in [0.5, 0.6) is 0 Å². The molecule has 0 amide bonds. The fraction of sp³-hybridized carbons (Fsp3) is 0.724. The molecule has 3 aliphatic carbocycles. The second kappa shape index (κ2) is 9.76. The molecule has 8 atom stereocenters. The molecule has 0 aromatic heterocycles. The molecule has 206 valence electrons. The van der Waals surface area contributed by atoms with Crippen molar-refractivity contribution in [2.24, 2.45) is 34.0 Å². The van der Waals surface area contributed by atoms with Crippen LogP contribution in [-0.4, -0.2) is 44.1 Å². The van der Waals surface area contributed by atoms with Crippen molar-refractivity contribution in [1.29, 1.82) is 0 Å². The van der Waals surface area contributed by atoms with Gasteiger partial charge < -0.3 is 9.84 Å². The average Bonchev–Trinajstić information content (AvgIpc) is 3.21. The van der Waals surface area contributed by atoms with Crippen LogP contribution in [-0.2, 0) is 28.6 Å². The molecule has 0 heterocycles. The van der Waals surface area contributed by atoms with Crippen LogP contribution in [0.25, 0.3) is 0 Å². The van der Waals surface area contributed by atoms with Crippen molar-refractivity contribution >= 4 is 21.9 Å². The molecular formula is C29H42O7S. The monoisotopic (exact) mass is 534 g/mol. The second-order valence-corrected chi connectivity index (χ2v) is 14.0. The highest BCUT2D eigenvalue weighted by Crippen LogP contribution is 2.68. The lowest BCUT2D eigenvalue weighted by Gasteiger charge is -2.62. The number of hydrogen-bond donors (Lipinski definition) is 1. The Morgan fingerprint density at radius 2 is 1.78 bits per heavy atom. The molecule has 0 radical (unpaired) electrons. The topological polar surface area (TPSA) is 107 Å². The highest BCUT2D eigenvalue weighted by molar-refractivity contribution is 7.86. The van der Waals surface area contributed by atoms with Gasteiger partial charge in [-0.1, -0.05) is 52.3 Å². The van der Waals surface area contributed by atoms with Gasteiger partial charge in [0.1, 0.15) is 11.9 Å².